The molecule has 1 rings (SSSR count). The second-order valence-corrected chi connectivity index (χ2v) is 4.74. The van der Waals surface area contributed by atoms with Crippen molar-refractivity contribution in [3.05, 3.63) is 28.2 Å². The Morgan fingerprint density at radius 2 is 2.22 bits per heavy atom. The number of esters is 1. The molecule has 0 saturated heterocycles. The molecule has 100 valence electrons. The zero-order valence-corrected chi connectivity index (χ0v) is 12.4. The number of nitrogens with one attached hydrogen (secondary N) is 1. The van der Waals surface area contributed by atoms with Gasteiger partial charge < -0.3 is 14.8 Å². The fourth-order valence-corrected chi connectivity index (χ4v) is 1.94. The van der Waals surface area contributed by atoms with Crippen LogP contribution < -0.4 is 10.1 Å². The van der Waals surface area contributed by atoms with Crippen LogP contribution in [-0.2, 0) is 9.53 Å². The van der Waals surface area contributed by atoms with E-state index in [-0.39, 0.29) is 12.6 Å². The Kier molecular flexibility index (Phi) is 6.15. The van der Waals surface area contributed by atoms with Crippen molar-refractivity contribution >= 4 is 21.9 Å². The molecule has 1 atom stereocenters. The van der Waals surface area contributed by atoms with E-state index in [1.165, 1.54) is 7.11 Å². The Morgan fingerprint density at radius 3 is 2.83 bits per heavy atom. The van der Waals surface area contributed by atoms with Crippen LogP contribution in [0.2, 0.25) is 0 Å². The van der Waals surface area contributed by atoms with Crippen molar-refractivity contribution in [2.45, 2.75) is 19.9 Å². The first-order valence-corrected chi connectivity index (χ1v) is 6.60. The van der Waals surface area contributed by atoms with Gasteiger partial charge in [-0.05, 0) is 25.6 Å². The third-order valence-electron chi connectivity index (χ3n) is 2.53. The zero-order chi connectivity index (χ0) is 13.5. The Labute approximate surface area is 116 Å². The van der Waals surface area contributed by atoms with E-state index in [1.54, 1.807) is 0 Å². The summed E-state index contributed by atoms with van der Waals surface area (Å²) in [5, 5.41) is 3.31. The summed E-state index contributed by atoms with van der Waals surface area (Å²) < 4.78 is 11.0. The monoisotopic (exact) mass is 315 g/mol. The SMILES string of the molecule is CCNC(C)c1ccc(Br)cc1OCC(=O)OC. The lowest BCUT2D eigenvalue weighted by atomic mass is 10.1. The molecular weight excluding hydrogens is 298 g/mol. The van der Waals surface area contributed by atoms with Crippen LogP contribution in [-0.4, -0.2) is 26.2 Å². The molecule has 0 radical (unpaired) electrons. The summed E-state index contributed by atoms with van der Waals surface area (Å²) in [6, 6.07) is 5.94. The van der Waals surface area contributed by atoms with E-state index < -0.39 is 5.97 Å². The summed E-state index contributed by atoms with van der Waals surface area (Å²) in [5.41, 5.74) is 1.02. The standard InChI is InChI=1S/C13H18BrNO3/c1-4-15-9(2)11-6-5-10(14)7-12(11)18-8-13(16)17-3/h5-7,9,15H,4,8H2,1-3H3. The van der Waals surface area contributed by atoms with Crippen molar-refractivity contribution < 1.29 is 14.3 Å². The first kappa shape index (κ1) is 15.0. The molecule has 1 N–H and O–H groups in total. The highest BCUT2D eigenvalue weighted by Gasteiger charge is 2.12. The number of carbonyl (C=O) groups is 1. The van der Waals surface area contributed by atoms with Gasteiger partial charge in [0.15, 0.2) is 6.61 Å². The lowest BCUT2D eigenvalue weighted by Crippen LogP contribution is -2.20. The van der Waals surface area contributed by atoms with Crippen LogP contribution in [0, 0.1) is 0 Å². The lowest BCUT2D eigenvalue weighted by molar-refractivity contribution is -0.142. The molecule has 18 heavy (non-hydrogen) atoms. The largest absolute Gasteiger partial charge is 0.482 e. The van der Waals surface area contributed by atoms with Gasteiger partial charge in [-0.25, -0.2) is 4.79 Å². The number of rotatable bonds is 6. The van der Waals surface area contributed by atoms with Gasteiger partial charge in [0.05, 0.1) is 7.11 Å². The molecule has 0 fully saturated rings. The van der Waals surface area contributed by atoms with Gasteiger partial charge in [0.25, 0.3) is 0 Å². The molecule has 0 aliphatic carbocycles. The summed E-state index contributed by atoms with van der Waals surface area (Å²) >= 11 is 3.39. The highest BCUT2D eigenvalue weighted by Crippen LogP contribution is 2.28. The number of hydrogen-bond acceptors (Lipinski definition) is 4. The molecule has 0 aliphatic rings. The third-order valence-corrected chi connectivity index (χ3v) is 3.02. The molecular formula is C13H18BrNO3. The van der Waals surface area contributed by atoms with Gasteiger partial charge in [-0.15, -0.1) is 0 Å². The van der Waals surface area contributed by atoms with E-state index >= 15 is 0 Å². The summed E-state index contributed by atoms with van der Waals surface area (Å²) in [6.07, 6.45) is 0. The van der Waals surface area contributed by atoms with E-state index in [9.17, 15) is 4.79 Å². The molecule has 1 aromatic rings. The van der Waals surface area contributed by atoms with Gasteiger partial charge in [-0.2, -0.15) is 0 Å². The van der Waals surface area contributed by atoms with E-state index in [4.69, 9.17) is 4.74 Å². The van der Waals surface area contributed by atoms with Crippen LogP contribution in [0.4, 0.5) is 0 Å². The average molecular weight is 316 g/mol. The molecule has 0 amide bonds. The molecule has 0 aromatic heterocycles. The van der Waals surface area contributed by atoms with E-state index in [0.29, 0.717) is 5.75 Å². The van der Waals surface area contributed by atoms with Gasteiger partial charge in [-0.3, -0.25) is 0 Å². The van der Waals surface area contributed by atoms with Crippen molar-refractivity contribution in [1.82, 2.24) is 5.32 Å². The number of carbonyl (C=O) groups excluding carboxylic acids is 1. The highest BCUT2D eigenvalue weighted by atomic mass is 79.9. The second-order valence-electron chi connectivity index (χ2n) is 3.83. The Hall–Kier alpha value is -1.07. The average Bonchev–Trinajstić information content (AvgIpc) is 2.36. The minimum absolute atomic E-state index is 0.0845. The number of methoxy groups -OCH3 is 1. The minimum Gasteiger partial charge on any atom is -0.482 e. The fraction of sp³-hybridized carbons (Fsp3) is 0.462. The summed E-state index contributed by atoms with van der Waals surface area (Å²) in [4.78, 5) is 11.1. The zero-order valence-electron chi connectivity index (χ0n) is 10.8. The van der Waals surface area contributed by atoms with Crippen molar-refractivity contribution in [3.63, 3.8) is 0 Å². The van der Waals surface area contributed by atoms with Gasteiger partial charge in [0.1, 0.15) is 5.75 Å². The summed E-state index contributed by atoms with van der Waals surface area (Å²) in [6.45, 7) is 4.88. The smallest absolute Gasteiger partial charge is 0.343 e. The predicted octanol–water partition coefficient (Wildman–Crippen LogP) is 2.67. The number of hydrogen-bond donors (Lipinski definition) is 1. The Bertz CT molecular complexity index is 409. The second kappa shape index (κ2) is 7.38. The van der Waals surface area contributed by atoms with Crippen molar-refractivity contribution in [2.24, 2.45) is 0 Å². The van der Waals surface area contributed by atoms with Crippen LogP contribution >= 0.6 is 15.9 Å². The molecule has 1 unspecified atom stereocenters. The molecule has 5 heteroatoms. The third kappa shape index (κ3) is 4.31. The quantitative estimate of drug-likeness (QED) is 0.820. The Morgan fingerprint density at radius 1 is 1.50 bits per heavy atom. The van der Waals surface area contributed by atoms with Crippen molar-refractivity contribution in [1.29, 1.82) is 0 Å². The molecule has 0 spiro atoms. The molecule has 0 heterocycles. The maximum absolute atomic E-state index is 11.1. The molecule has 1 aromatic carbocycles. The number of benzene rings is 1. The van der Waals surface area contributed by atoms with Crippen LogP contribution in [0.1, 0.15) is 25.5 Å². The van der Waals surface area contributed by atoms with Crippen LogP contribution in [0.15, 0.2) is 22.7 Å². The first-order chi connectivity index (χ1) is 8.58. The highest BCUT2D eigenvalue weighted by molar-refractivity contribution is 9.10. The number of halogens is 1. The van der Waals surface area contributed by atoms with Gasteiger partial charge in [0, 0.05) is 16.1 Å². The maximum Gasteiger partial charge on any atom is 0.343 e. The van der Waals surface area contributed by atoms with Gasteiger partial charge in [-0.1, -0.05) is 28.9 Å². The predicted molar refractivity (Wildman–Crippen MR) is 73.7 cm³/mol. The molecule has 4 nitrogen and oxygen atoms in total. The summed E-state index contributed by atoms with van der Waals surface area (Å²) in [7, 11) is 1.34. The number of ether oxygens (including phenoxy) is 2. The lowest BCUT2D eigenvalue weighted by Gasteiger charge is -2.17. The summed E-state index contributed by atoms with van der Waals surface area (Å²) in [5.74, 6) is 0.292. The van der Waals surface area contributed by atoms with Crippen LogP contribution in [0.25, 0.3) is 0 Å². The van der Waals surface area contributed by atoms with Crippen molar-refractivity contribution in [3.8, 4) is 5.75 Å². The van der Waals surface area contributed by atoms with E-state index in [0.717, 1.165) is 16.6 Å². The first-order valence-electron chi connectivity index (χ1n) is 5.81. The van der Waals surface area contributed by atoms with Gasteiger partial charge in [0.2, 0.25) is 0 Å². The Balaban J connectivity index is 2.85. The van der Waals surface area contributed by atoms with Crippen LogP contribution in [0.5, 0.6) is 5.75 Å². The van der Waals surface area contributed by atoms with Crippen molar-refractivity contribution in [2.75, 3.05) is 20.3 Å². The van der Waals surface area contributed by atoms with E-state index in [2.05, 4.69) is 32.9 Å². The van der Waals surface area contributed by atoms with Gasteiger partial charge >= 0.3 is 5.97 Å². The topological polar surface area (TPSA) is 47.6 Å². The normalized spacial score (nSPS) is 12.0. The van der Waals surface area contributed by atoms with Crippen LogP contribution in [0.3, 0.4) is 0 Å². The van der Waals surface area contributed by atoms with E-state index in [1.807, 2.05) is 25.1 Å². The maximum atomic E-state index is 11.1. The molecule has 0 aliphatic heterocycles. The fourth-order valence-electron chi connectivity index (χ4n) is 1.60. The minimum atomic E-state index is -0.392. The molecule has 0 bridgehead atoms. The molecule has 0 saturated carbocycles.